The summed E-state index contributed by atoms with van der Waals surface area (Å²) in [5.41, 5.74) is 2.49. The third kappa shape index (κ3) is 3.27. The minimum Gasteiger partial charge on any atom is -0.487 e. The molecule has 0 aromatic heterocycles. The van der Waals surface area contributed by atoms with E-state index in [4.69, 9.17) is 9.84 Å². The van der Waals surface area contributed by atoms with Crippen LogP contribution in [-0.4, -0.2) is 16.7 Å². The molecule has 1 atom stereocenters. The fraction of sp³-hybridized carbons (Fsp3) is 0.381. The zero-order valence-corrected chi connectivity index (χ0v) is 14.2. The number of ether oxygens (including phenoxy) is 1. The van der Waals surface area contributed by atoms with Gasteiger partial charge >= 0.3 is 5.97 Å². The lowest BCUT2D eigenvalue weighted by molar-refractivity contribution is 0.0364. The number of nitrogens with one attached hydrogen (secondary N) is 1. The van der Waals surface area contributed by atoms with Crippen LogP contribution in [0, 0.1) is 0 Å². The summed E-state index contributed by atoms with van der Waals surface area (Å²) in [4.78, 5) is 11.2. The molecule has 2 aliphatic rings. The van der Waals surface area contributed by atoms with Crippen molar-refractivity contribution in [3.63, 3.8) is 0 Å². The van der Waals surface area contributed by atoms with E-state index in [2.05, 4.69) is 23.5 Å². The summed E-state index contributed by atoms with van der Waals surface area (Å²) in [5.74, 6) is 0.107. The summed E-state index contributed by atoms with van der Waals surface area (Å²) in [7, 11) is 0. The first-order valence-electron chi connectivity index (χ1n) is 8.99. The van der Waals surface area contributed by atoms with E-state index in [9.17, 15) is 4.79 Å². The maximum atomic E-state index is 11.2. The van der Waals surface area contributed by atoms with E-state index in [1.165, 1.54) is 18.4 Å². The molecular formula is C21H23NO3. The number of para-hydroxylation sites is 1. The van der Waals surface area contributed by atoms with Gasteiger partial charge in [-0.15, -0.1) is 0 Å². The number of hydrogen-bond acceptors (Lipinski definition) is 3. The lowest BCUT2D eigenvalue weighted by Gasteiger charge is -2.40. The molecule has 1 heterocycles. The van der Waals surface area contributed by atoms with Crippen molar-refractivity contribution >= 4 is 5.97 Å². The monoisotopic (exact) mass is 337 g/mol. The molecule has 1 spiro atoms. The lowest BCUT2D eigenvalue weighted by Crippen LogP contribution is -2.42. The van der Waals surface area contributed by atoms with Crippen LogP contribution in [0.5, 0.6) is 5.75 Å². The van der Waals surface area contributed by atoms with Crippen molar-refractivity contribution in [2.24, 2.45) is 0 Å². The number of benzene rings is 2. The Morgan fingerprint density at radius 3 is 2.76 bits per heavy atom. The fourth-order valence-corrected chi connectivity index (χ4v) is 4.18. The first kappa shape index (κ1) is 16.2. The van der Waals surface area contributed by atoms with E-state index >= 15 is 0 Å². The Kier molecular flexibility index (Phi) is 4.22. The van der Waals surface area contributed by atoms with Crippen LogP contribution in [0.25, 0.3) is 0 Å². The highest BCUT2D eigenvalue weighted by Crippen LogP contribution is 2.47. The van der Waals surface area contributed by atoms with Crippen LogP contribution < -0.4 is 10.1 Å². The molecule has 4 nitrogen and oxygen atoms in total. The molecule has 0 radical (unpaired) electrons. The first-order valence-corrected chi connectivity index (χ1v) is 8.99. The van der Waals surface area contributed by atoms with Crippen molar-refractivity contribution < 1.29 is 14.6 Å². The standard InChI is InChI=1S/C21H23NO3/c23-20(24)16-7-5-6-15(12-16)14-22-18-13-21(10-3-4-11-21)25-19-9-2-1-8-17(18)19/h1-2,5-9,12,18,22H,3-4,10-11,13-14H2,(H,23,24). The Hall–Kier alpha value is -2.33. The summed E-state index contributed by atoms with van der Waals surface area (Å²) >= 11 is 0. The van der Waals surface area contributed by atoms with Crippen molar-refractivity contribution in [1.82, 2.24) is 5.32 Å². The SMILES string of the molecule is O=C(O)c1cccc(CNC2CC3(CCCC3)Oc3ccccc32)c1. The van der Waals surface area contributed by atoms with Gasteiger partial charge in [-0.1, -0.05) is 30.3 Å². The molecule has 1 aliphatic heterocycles. The number of carboxylic acids is 1. The number of carbonyl (C=O) groups is 1. The van der Waals surface area contributed by atoms with E-state index in [-0.39, 0.29) is 11.6 Å². The highest BCUT2D eigenvalue weighted by molar-refractivity contribution is 5.87. The molecule has 130 valence electrons. The normalized spacial score (nSPS) is 20.9. The average Bonchev–Trinajstić information content (AvgIpc) is 3.07. The van der Waals surface area contributed by atoms with Crippen LogP contribution in [0.4, 0.5) is 0 Å². The van der Waals surface area contributed by atoms with Crippen molar-refractivity contribution in [3.8, 4) is 5.75 Å². The van der Waals surface area contributed by atoms with Gasteiger partial charge in [-0.05, 0) is 49.4 Å². The third-order valence-corrected chi connectivity index (χ3v) is 5.44. The van der Waals surface area contributed by atoms with Crippen molar-refractivity contribution in [2.45, 2.75) is 50.3 Å². The topological polar surface area (TPSA) is 58.6 Å². The van der Waals surface area contributed by atoms with Crippen molar-refractivity contribution in [2.75, 3.05) is 0 Å². The third-order valence-electron chi connectivity index (χ3n) is 5.44. The minimum absolute atomic E-state index is 0.0328. The molecule has 1 fully saturated rings. The van der Waals surface area contributed by atoms with Gasteiger partial charge in [0.25, 0.3) is 0 Å². The molecule has 4 heteroatoms. The Morgan fingerprint density at radius 2 is 1.96 bits per heavy atom. The zero-order chi connectivity index (χ0) is 17.3. The summed E-state index contributed by atoms with van der Waals surface area (Å²) < 4.78 is 6.40. The van der Waals surface area contributed by atoms with Gasteiger partial charge in [-0.25, -0.2) is 4.79 Å². The minimum atomic E-state index is -0.886. The summed E-state index contributed by atoms with van der Waals surface area (Å²) in [6.07, 6.45) is 5.68. The van der Waals surface area contributed by atoms with Gasteiger partial charge < -0.3 is 15.2 Å². The zero-order valence-electron chi connectivity index (χ0n) is 14.2. The number of rotatable bonds is 4. The Morgan fingerprint density at radius 1 is 1.16 bits per heavy atom. The molecule has 1 aliphatic carbocycles. The highest BCUT2D eigenvalue weighted by Gasteiger charge is 2.42. The lowest BCUT2D eigenvalue weighted by atomic mass is 9.86. The molecule has 2 aromatic carbocycles. The van der Waals surface area contributed by atoms with Gasteiger partial charge in [0.1, 0.15) is 11.4 Å². The molecule has 25 heavy (non-hydrogen) atoms. The summed E-state index contributed by atoms with van der Waals surface area (Å²) in [6.45, 7) is 0.649. The number of aromatic carboxylic acids is 1. The molecule has 2 aromatic rings. The molecule has 0 bridgehead atoms. The van der Waals surface area contributed by atoms with Gasteiger partial charge in [-0.2, -0.15) is 0 Å². The second-order valence-electron chi connectivity index (χ2n) is 7.17. The number of carboxylic acid groups (broad SMARTS) is 1. The Labute approximate surface area is 147 Å². The van der Waals surface area contributed by atoms with Crippen molar-refractivity contribution in [3.05, 3.63) is 65.2 Å². The van der Waals surface area contributed by atoms with E-state index in [1.54, 1.807) is 18.2 Å². The van der Waals surface area contributed by atoms with Gasteiger partial charge in [-0.3, -0.25) is 0 Å². The Bertz CT molecular complexity index is 780. The predicted molar refractivity (Wildman–Crippen MR) is 95.9 cm³/mol. The van der Waals surface area contributed by atoms with Gasteiger partial charge in [0.15, 0.2) is 0 Å². The summed E-state index contributed by atoms with van der Waals surface area (Å²) in [6, 6.07) is 15.6. The second kappa shape index (κ2) is 6.52. The molecule has 1 unspecified atom stereocenters. The predicted octanol–water partition coefficient (Wildman–Crippen LogP) is 4.31. The van der Waals surface area contributed by atoms with E-state index in [1.807, 2.05) is 12.1 Å². The Balaban J connectivity index is 1.55. The molecule has 2 N–H and O–H groups in total. The van der Waals surface area contributed by atoms with Crippen LogP contribution >= 0.6 is 0 Å². The van der Waals surface area contributed by atoms with Gasteiger partial charge in [0, 0.05) is 24.6 Å². The maximum absolute atomic E-state index is 11.2. The van der Waals surface area contributed by atoms with E-state index < -0.39 is 5.97 Å². The first-order chi connectivity index (χ1) is 12.2. The molecule has 4 rings (SSSR count). The van der Waals surface area contributed by atoms with E-state index in [0.29, 0.717) is 12.1 Å². The van der Waals surface area contributed by atoms with Crippen LogP contribution in [-0.2, 0) is 6.54 Å². The average molecular weight is 337 g/mol. The number of hydrogen-bond donors (Lipinski definition) is 2. The van der Waals surface area contributed by atoms with Gasteiger partial charge in [0.2, 0.25) is 0 Å². The summed E-state index contributed by atoms with van der Waals surface area (Å²) in [5, 5.41) is 12.8. The molecule has 1 saturated carbocycles. The van der Waals surface area contributed by atoms with Gasteiger partial charge in [0.05, 0.1) is 5.56 Å². The molecular weight excluding hydrogens is 314 g/mol. The van der Waals surface area contributed by atoms with Crippen LogP contribution in [0.15, 0.2) is 48.5 Å². The van der Waals surface area contributed by atoms with Crippen LogP contribution in [0.2, 0.25) is 0 Å². The smallest absolute Gasteiger partial charge is 0.335 e. The van der Waals surface area contributed by atoms with E-state index in [0.717, 1.165) is 30.6 Å². The maximum Gasteiger partial charge on any atom is 0.335 e. The van der Waals surface area contributed by atoms with Crippen LogP contribution in [0.1, 0.15) is 59.6 Å². The highest BCUT2D eigenvalue weighted by atomic mass is 16.5. The molecule has 0 saturated heterocycles. The number of fused-ring (bicyclic) bond motifs is 1. The largest absolute Gasteiger partial charge is 0.487 e. The fourth-order valence-electron chi connectivity index (χ4n) is 4.18. The van der Waals surface area contributed by atoms with Crippen molar-refractivity contribution in [1.29, 1.82) is 0 Å². The molecule has 0 amide bonds. The second-order valence-corrected chi connectivity index (χ2v) is 7.17. The van der Waals surface area contributed by atoms with Crippen LogP contribution in [0.3, 0.4) is 0 Å². The quantitative estimate of drug-likeness (QED) is 0.873.